The second-order valence-corrected chi connectivity index (χ2v) is 5.75. The molecule has 0 fully saturated rings. The molecule has 2 aromatic carbocycles. The van der Waals surface area contributed by atoms with E-state index in [0.29, 0.717) is 11.4 Å². The van der Waals surface area contributed by atoms with E-state index in [2.05, 4.69) is 15.6 Å². The molecule has 0 aliphatic rings. The van der Waals surface area contributed by atoms with Gasteiger partial charge in [0.15, 0.2) is 0 Å². The highest BCUT2D eigenvalue weighted by Crippen LogP contribution is 2.21. The Morgan fingerprint density at radius 1 is 1.04 bits per heavy atom. The Morgan fingerprint density at radius 2 is 1.75 bits per heavy atom. The molecule has 28 heavy (non-hydrogen) atoms. The molecule has 0 atom stereocenters. The summed E-state index contributed by atoms with van der Waals surface area (Å²) in [6.07, 6.45) is 1.44. The van der Waals surface area contributed by atoms with Crippen molar-refractivity contribution in [1.82, 2.24) is 4.98 Å². The van der Waals surface area contributed by atoms with E-state index >= 15 is 0 Å². The zero-order valence-electron chi connectivity index (χ0n) is 15.1. The van der Waals surface area contributed by atoms with Gasteiger partial charge in [0, 0.05) is 11.9 Å². The maximum Gasteiger partial charge on any atom is 0.340 e. The van der Waals surface area contributed by atoms with Crippen LogP contribution in [0, 0.1) is 5.82 Å². The summed E-state index contributed by atoms with van der Waals surface area (Å²) in [5, 5.41) is 5.57. The molecule has 3 rings (SSSR count). The fraction of sp³-hybridized carbons (Fsp3) is 0.0952. The number of hydrogen-bond donors (Lipinski definition) is 2. The van der Waals surface area contributed by atoms with Gasteiger partial charge in [0.25, 0.3) is 5.91 Å². The maximum absolute atomic E-state index is 13.8. The second kappa shape index (κ2) is 8.77. The van der Waals surface area contributed by atoms with Gasteiger partial charge >= 0.3 is 5.97 Å². The topological polar surface area (TPSA) is 80.3 Å². The number of halogens is 1. The van der Waals surface area contributed by atoms with Gasteiger partial charge in [-0.1, -0.05) is 24.3 Å². The number of nitrogens with zero attached hydrogens (tertiary/aromatic N) is 1. The summed E-state index contributed by atoms with van der Waals surface area (Å²) < 4.78 is 18.8. The molecule has 142 valence electrons. The summed E-state index contributed by atoms with van der Waals surface area (Å²) in [4.78, 5) is 28.7. The van der Waals surface area contributed by atoms with Crippen LogP contribution in [0.3, 0.4) is 0 Å². The molecular weight excluding hydrogens is 361 g/mol. The zero-order valence-corrected chi connectivity index (χ0v) is 15.1. The number of carbonyl (C=O) groups is 2. The van der Waals surface area contributed by atoms with Crippen LogP contribution in [0.5, 0.6) is 0 Å². The molecule has 0 aliphatic carbocycles. The van der Waals surface area contributed by atoms with Crippen molar-refractivity contribution in [3.8, 4) is 0 Å². The van der Waals surface area contributed by atoms with Crippen molar-refractivity contribution in [3.63, 3.8) is 0 Å². The number of anilines is 3. The van der Waals surface area contributed by atoms with Crippen molar-refractivity contribution in [2.24, 2.45) is 0 Å². The lowest BCUT2D eigenvalue weighted by atomic mass is 10.1. The third-order valence-corrected chi connectivity index (χ3v) is 3.82. The molecule has 6 nitrogen and oxygen atoms in total. The zero-order chi connectivity index (χ0) is 19.9. The van der Waals surface area contributed by atoms with Gasteiger partial charge in [0.05, 0.1) is 23.5 Å². The monoisotopic (exact) mass is 379 g/mol. The molecule has 2 N–H and O–H groups in total. The lowest BCUT2D eigenvalue weighted by Gasteiger charge is -2.11. The number of amides is 1. The smallest absolute Gasteiger partial charge is 0.340 e. The van der Waals surface area contributed by atoms with Crippen LogP contribution in [0.2, 0.25) is 0 Å². The first-order valence-corrected chi connectivity index (χ1v) is 8.63. The lowest BCUT2D eigenvalue weighted by molar-refractivity contribution is 0.0527. The molecule has 0 bridgehead atoms. The quantitative estimate of drug-likeness (QED) is 0.621. The van der Waals surface area contributed by atoms with E-state index in [-0.39, 0.29) is 23.6 Å². The van der Waals surface area contributed by atoms with E-state index in [4.69, 9.17) is 4.74 Å². The first-order valence-electron chi connectivity index (χ1n) is 8.63. The Bertz CT molecular complexity index is 1010. The normalized spacial score (nSPS) is 10.2. The molecule has 0 radical (unpaired) electrons. The Morgan fingerprint density at radius 3 is 2.50 bits per heavy atom. The van der Waals surface area contributed by atoms with E-state index < -0.39 is 17.7 Å². The Kier molecular flexibility index (Phi) is 5.96. The van der Waals surface area contributed by atoms with Crippen LogP contribution in [0.15, 0.2) is 66.9 Å². The predicted molar refractivity (Wildman–Crippen MR) is 104 cm³/mol. The highest BCUT2D eigenvalue weighted by molar-refractivity contribution is 6.07. The molecule has 0 spiro atoms. The minimum absolute atomic E-state index is 0.111. The van der Waals surface area contributed by atoms with Crippen molar-refractivity contribution in [1.29, 1.82) is 0 Å². The Balaban J connectivity index is 1.79. The van der Waals surface area contributed by atoms with Crippen molar-refractivity contribution < 1.29 is 18.7 Å². The fourth-order valence-corrected chi connectivity index (χ4v) is 2.52. The largest absolute Gasteiger partial charge is 0.462 e. The summed E-state index contributed by atoms with van der Waals surface area (Å²) in [5.41, 5.74) is 1.47. The fourth-order valence-electron chi connectivity index (χ4n) is 2.52. The van der Waals surface area contributed by atoms with E-state index in [9.17, 15) is 14.0 Å². The molecule has 1 heterocycles. The SMILES string of the molecule is CCOC(=O)c1ccccc1NC(=O)c1cc(Nc2ccccc2F)ccn1. The number of nitrogens with one attached hydrogen (secondary N) is 2. The van der Waals surface area contributed by atoms with Crippen molar-refractivity contribution in [3.05, 3.63) is 83.9 Å². The van der Waals surface area contributed by atoms with Gasteiger partial charge in [-0.2, -0.15) is 0 Å². The van der Waals surface area contributed by atoms with Crippen LogP contribution in [0.25, 0.3) is 0 Å². The van der Waals surface area contributed by atoms with E-state index in [0.717, 1.165) is 0 Å². The molecule has 0 aliphatic heterocycles. The van der Waals surface area contributed by atoms with Gasteiger partial charge in [-0.3, -0.25) is 9.78 Å². The van der Waals surface area contributed by atoms with Gasteiger partial charge in [-0.15, -0.1) is 0 Å². The van der Waals surface area contributed by atoms with Gasteiger partial charge < -0.3 is 15.4 Å². The Hall–Kier alpha value is -3.74. The maximum atomic E-state index is 13.8. The number of hydrogen-bond acceptors (Lipinski definition) is 5. The molecular formula is C21H18FN3O3. The number of pyridine rings is 1. The summed E-state index contributed by atoms with van der Waals surface area (Å²) in [5.74, 6) is -1.44. The van der Waals surface area contributed by atoms with Crippen LogP contribution < -0.4 is 10.6 Å². The number of carbonyl (C=O) groups excluding carboxylic acids is 2. The number of ether oxygens (including phenoxy) is 1. The number of para-hydroxylation sites is 2. The number of rotatable bonds is 6. The third-order valence-electron chi connectivity index (χ3n) is 3.82. The van der Waals surface area contributed by atoms with Gasteiger partial charge in [-0.25, -0.2) is 9.18 Å². The van der Waals surface area contributed by atoms with Crippen LogP contribution in [-0.4, -0.2) is 23.5 Å². The molecule has 1 aromatic heterocycles. The standard InChI is InChI=1S/C21H18FN3O3/c1-2-28-21(27)15-7-3-5-9-17(15)25-20(26)19-13-14(11-12-23-19)24-18-10-6-4-8-16(18)22/h3-13H,2H2,1H3,(H,23,24)(H,25,26). The first-order chi connectivity index (χ1) is 13.6. The third kappa shape index (κ3) is 4.50. The highest BCUT2D eigenvalue weighted by Gasteiger charge is 2.16. The molecule has 0 saturated heterocycles. The van der Waals surface area contributed by atoms with E-state index in [1.807, 2.05) is 0 Å². The highest BCUT2D eigenvalue weighted by atomic mass is 19.1. The summed E-state index contributed by atoms with van der Waals surface area (Å²) in [6, 6.07) is 15.9. The average Bonchev–Trinajstić information content (AvgIpc) is 2.70. The van der Waals surface area contributed by atoms with Gasteiger partial charge in [-0.05, 0) is 43.3 Å². The van der Waals surface area contributed by atoms with E-state index in [1.54, 1.807) is 55.5 Å². The number of aromatic nitrogens is 1. The number of benzene rings is 2. The average molecular weight is 379 g/mol. The van der Waals surface area contributed by atoms with Crippen LogP contribution >= 0.6 is 0 Å². The minimum Gasteiger partial charge on any atom is -0.462 e. The molecule has 0 unspecified atom stereocenters. The van der Waals surface area contributed by atoms with Crippen molar-refractivity contribution in [2.45, 2.75) is 6.92 Å². The molecule has 3 aromatic rings. The second-order valence-electron chi connectivity index (χ2n) is 5.75. The van der Waals surface area contributed by atoms with Crippen LogP contribution in [0.4, 0.5) is 21.5 Å². The summed E-state index contributed by atoms with van der Waals surface area (Å²) in [6.45, 7) is 1.93. The lowest BCUT2D eigenvalue weighted by Crippen LogP contribution is -2.17. The Labute approximate surface area is 161 Å². The van der Waals surface area contributed by atoms with Crippen molar-refractivity contribution >= 4 is 28.9 Å². The van der Waals surface area contributed by atoms with Crippen LogP contribution in [-0.2, 0) is 4.74 Å². The molecule has 1 amide bonds. The molecule has 0 saturated carbocycles. The summed E-state index contributed by atoms with van der Waals surface area (Å²) >= 11 is 0. The van der Waals surface area contributed by atoms with Crippen molar-refractivity contribution in [2.75, 3.05) is 17.2 Å². The minimum atomic E-state index is -0.527. The van der Waals surface area contributed by atoms with Gasteiger partial charge in [0.2, 0.25) is 0 Å². The first kappa shape index (κ1) is 19.0. The molecule has 7 heteroatoms. The van der Waals surface area contributed by atoms with Gasteiger partial charge in [0.1, 0.15) is 11.5 Å². The predicted octanol–water partition coefficient (Wildman–Crippen LogP) is 4.39. The van der Waals surface area contributed by atoms with E-state index in [1.165, 1.54) is 18.3 Å². The number of esters is 1. The van der Waals surface area contributed by atoms with Crippen LogP contribution in [0.1, 0.15) is 27.8 Å². The summed E-state index contributed by atoms with van der Waals surface area (Å²) in [7, 11) is 0.